The molecule has 2 aliphatic rings. The number of nitrogens with zero attached hydrogens (tertiary/aromatic N) is 3. The molecule has 0 N–H and O–H groups in total. The van der Waals surface area contributed by atoms with Gasteiger partial charge in [0.1, 0.15) is 11.5 Å². The smallest absolute Gasteiger partial charge is 0.274 e. The highest BCUT2D eigenvalue weighted by Gasteiger charge is 2.40. The number of ketones is 1. The predicted molar refractivity (Wildman–Crippen MR) is 73.2 cm³/mol. The van der Waals surface area contributed by atoms with Crippen LogP contribution in [0.3, 0.4) is 0 Å². The number of carbonyl (C=O) groups excluding carboxylic acids is 2. The van der Waals surface area contributed by atoms with Crippen LogP contribution in [0.2, 0.25) is 0 Å². The average molecular weight is 273 g/mol. The monoisotopic (exact) mass is 273 g/mol. The van der Waals surface area contributed by atoms with Crippen molar-refractivity contribution in [2.24, 2.45) is 5.92 Å². The second kappa shape index (κ2) is 5.31. The molecule has 1 saturated carbocycles. The van der Waals surface area contributed by atoms with Gasteiger partial charge in [-0.1, -0.05) is 0 Å². The fourth-order valence-electron chi connectivity index (χ4n) is 3.36. The molecule has 0 spiro atoms. The summed E-state index contributed by atoms with van der Waals surface area (Å²) in [7, 11) is 0. The molecule has 3 rings (SSSR count). The number of aryl methyl sites for hydroxylation is 1. The molecular formula is C15H19N3O2. The van der Waals surface area contributed by atoms with Crippen molar-refractivity contribution in [2.75, 3.05) is 6.54 Å². The van der Waals surface area contributed by atoms with Crippen molar-refractivity contribution in [1.29, 1.82) is 0 Å². The predicted octanol–water partition coefficient (Wildman–Crippen LogP) is 1.76. The third kappa shape index (κ3) is 2.32. The third-order valence-corrected chi connectivity index (χ3v) is 4.38. The quantitative estimate of drug-likeness (QED) is 0.823. The molecule has 1 aromatic rings. The van der Waals surface area contributed by atoms with Crippen molar-refractivity contribution in [3.05, 3.63) is 23.8 Å². The number of Topliss-reactive ketones (excluding diaryl/α,β-unsaturated/α-hetero) is 1. The van der Waals surface area contributed by atoms with Gasteiger partial charge in [0.2, 0.25) is 0 Å². The SMILES string of the molecule is Cc1cnc(C(=O)N2CCCC2C2CCCC2=O)cn1. The van der Waals surface area contributed by atoms with Gasteiger partial charge in [0.25, 0.3) is 5.91 Å². The summed E-state index contributed by atoms with van der Waals surface area (Å²) >= 11 is 0. The highest BCUT2D eigenvalue weighted by atomic mass is 16.2. The summed E-state index contributed by atoms with van der Waals surface area (Å²) in [6.07, 6.45) is 7.61. The largest absolute Gasteiger partial charge is 0.334 e. The van der Waals surface area contributed by atoms with Crippen LogP contribution >= 0.6 is 0 Å². The van der Waals surface area contributed by atoms with Crippen LogP contribution in [0.4, 0.5) is 0 Å². The van der Waals surface area contributed by atoms with E-state index < -0.39 is 0 Å². The number of amides is 1. The van der Waals surface area contributed by atoms with E-state index in [4.69, 9.17) is 0 Å². The van der Waals surface area contributed by atoms with Crippen LogP contribution in [-0.4, -0.2) is 39.1 Å². The van der Waals surface area contributed by atoms with Crippen LogP contribution < -0.4 is 0 Å². The first-order chi connectivity index (χ1) is 9.66. The fraction of sp³-hybridized carbons (Fsp3) is 0.600. The normalized spacial score (nSPS) is 26.2. The molecule has 5 heteroatoms. The fourth-order valence-corrected chi connectivity index (χ4v) is 3.36. The number of hydrogen-bond donors (Lipinski definition) is 0. The molecule has 5 nitrogen and oxygen atoms in total. The summed E-state index contributed by atoms with van der Waals surface area (Å²) in [5.74, 6) is 0.282. The van der Waals surface area contributed by atoms with Gasteiger partial charge in [-0.25, -0.2) is 4.98 Å². The van der Waals surface area contributed by atoms with Gasteiger partial charge in [-0.3, -0.25) is 14.6 Å². The van der Waals surface area contributed by atoms with Gasteiger partial charge in [-0.05, 0) is 32.6 Å². The molecule has 2 unspecified atom stereocenters. The second-order valence-corrected chi connectivity index (χ2v) is 5.72. The summed E-state index contributed by atoms with van der Waals surface area (Å²) in [5.41, 5.74) is 1.18. The molecule has 106 valence electrons. The van der Waals surface area contributed by atoms with E-state index in [0.29, 0.717) is 17.9 Å². The molecule has 2 heterocycles. The minimum absolute atomic E-state index is 0.0415. The van der Waals surface area contributed by atoms with E-state index in [1.54, 1.807) is 6.20 Å². The Balaban J connectivity index is 1.79. The Morgan fingerprint density at radius 2 is 2.10 bits per heavy atom. The molecule has 1 aromatic heterocycles. The lowest BCUT2D eigenvalue weighted by molar-refractivity contribution is -0.121. The van der Waals surface area contributed by atoms with Crippen molar-refractivity contribution in [1.82, 2.24) is 14.9 Å². The zero-order valence-corrected chi connectivity index (χ0v) is 11.7. The molecule has 2 atom stereocenters. The van der Waals surface area contributed by atoms with Crippen LogP contribution in [-0.2, 0) is 4.79 Å². The van der Waals surface area contributed by atoms with Gasteiger partial charge in [0, 0.05) is 31.1 Å². The van der Waals surface area contributed by atoms with Gasteiger partial charge in [0.15, 0.2) is 0 Å². The number of carbonyl (C=O) groups is 2. The van der Waals surface area contributed by atoms with E-state index in [2.05, 4.69) is 9.97 Å². The van der Waals surface area contributed by atoms with Crippen LogP contribution in [0.1, 0.15) is 48.3 Å². The topological polar surface area (TPSA) is 63.2 Å². The first-order valence-corrected chi connectivity index (χ1v) is 7.29. The summed E-state index contributed by atoms with van der Waals surface area (Å²) in [6, 6.07) is 0.0700. The number of hydrogen-bond acceptors (Lipinski definition) is 4. The zero-order valence-electron chi connectivity index (χ0n) is 11.7. The van der Waals surface area contributed by atoms with Crippen molar-refractivity contribution < 1.29 is 9.59 Å². The van der Waals surface area contributed by atoms with E-state index in [1.165, 1.54) is 6.20 Å². The third-order valence-electron chi connectivity index (χ3n) is 4.38. The maximum atomic E-state index is 12.5. The Kier molecular flexibility index (Phi) is 3.51. The van der Waals surface area contributed by atoms with Gasteiger partial charge in [-0.2, -0.15) is 0 Å². The summed E-state index contributed by atoms with van der Waals surface area (Å²) < 4.78 is 0. The Labute approximate surface area is 118 Å². The van der Waals surface area contributed by atoms with Gasteiger partial charge < -0.3 is 4.90 Å². The van der Waals surface area contributed by atoms with E-state index >= 15 is 0 Å². The van der Waals surface area contributed by atoms with E-state index in [-0.39, 0.29) is 17.9 Å². The second-order valence-electron chi connectivity index (χ2n) is 5.72. The molecule has 0 bridgehead atoms. The Bertz CT molecular complexity index is 526. The maximum Gasteiger partial charge on any atom is 0.274 e. The van der Waals surface area contributed by atoms with Crippen molar-refractivity contribution in [2.45, 2.75) is 45.1 Å². The van der Waals surface area contributed by atoms with Crippen LogP contribution in [0, 0.1) is 12.8 Å². The van der Waals surface area contributed by atoms with Gasteiger partial charge in [0.05, 0.1) is 11.9 Å². The molecule has 20 heavy (non-hydrogen) atoms. The van der Waals surface area contributed by atoms with Crippen LogP contribution in [0.25, 0.3) is 0 Å². The first kappa shape index (κ1) is 13.2. The maximum absolute atomic E-state index is 12.5. The zero-order chi connectivity index (χ0) is 14.1. The highest BCUT2D eigenvalue weighted by molar-refractivity contribution is 5.93. The minimum Gasteiger partial charge on any atom is -0.334 e. The summed E-state index contributed by atoms with van der Waals surface area (Å²) in [5, 5.41) is 0. The standard InChI is InChI=1S/C15H19N3O2/c1-10-8-17-12(9-16-10)15(20)18-7-3-5-13(18)11-4-2-6-14(11)19/h8-9,11,13H,2-7H2,1H3. The van der Waals surface area contributed by atoms with E-state index in [1.807, 2.05) is 11.8 Å². The van der Waals surface area contributed by atoms with E-state index in [0.717, 1.165) is 37.9 Å². The highest BCUT2D eigenvalue weighted by Crippen LogP contribution is 2.33. The number of aromatic nitrogens is 2. The number of rotatable bonds is 2. The number of likely N-dealkylation sites (tertiary alicyclic amines) is 1. The molecule has 0 radical (unpaired) electrons. The summed E-state index contributed by atoms with van der Waals surface area (Å²) in [6.45, 7) is 2.57. The molecule has 2 fully saturated rings. The first-order valence-electron chi connectivity index (χ1n) is 7.29. The van der Waals surface area contributed by atoms with E-state index in [9.17, 15) is 9.59 Å². The minimum atomic E-state index is -0.0836. The average Bonchev–Trinajstić information content (AvgIpc) is 3.07. The van der Waals surface area contributed by atoms with Gasteiger partial charge in [-0.15, -0.1) is 0 Å². The van der Waals surface area contributed by atoms with Crippen LogP contribution in [0.5, 0.6) is 0 Å². The molecule has 1 aliphatic heterocycles. The summed E-state index contributed by atoms with van der Waals surface area (Å²) in [4.78, 5) is 34.6. The van der Waals surface area contributed by atoms with Crippen molar-refractivity contribution >= 4 is 11.7 Å². The molecule has 1 amide bonds. The Morgan fingerprint density at radius 1 is 1.25 bits per heavy atom. The Hall–Kier alpha value is -1.78. The molecule has 0 aromatic carbocycles. The van der Waals surface area contributed by atoms with Crippen LogP contribution in [0.15, 0.2) is 12.4 Å². The lowest BCUT2D eigenvalue weighted by atomic mass is 9.95. The van der Waals surface area contributed by atoms with Crippen molar-refractivity contribution in [3.8, 4) is 0 Å². The lowest BCUT2D eigenvalue weighted by Crippen LogP contribution is -2.41. The molecule has 1 aliphatic carbocycles. The lowest BCUT2D eigenvalue weighted by Gasteiger charge is -2.28. The van der Waals surface area contributed by atoms with Crippen molar-refractivity contribution in [3.63, 3.8) is 0 Å². The van der Waals surface area contributed by atoms with Gasteiger partial charge >= 0.3 is 0 Å². The molecular weight excluding hydrogens is 254 g/mol. The Morgan fingerprint density at radius 3 is 2.75 bits per heavy atom. The molecule has 1 saturated heterocycles.